The summed E-state index contributed by atoms with van der Waals surface area (Å²) < 4.78 is 0. The summed E-state index contributed by atoms with van der Waals surface area (Å²) in [4.78, 5) is 25.1. The highest BCUT2D eigenvalue weighted by molar-refractivity contribution is 6.30. The average Bonchev–Trinajstić information content (AvgIpc) is 3.25. The molecule has 7 heteroatoms. The van der Waals surface area contributed by atoms with Gasteiger partial charge in [0.1, 0.15) is 6.04 Å². The van der Waals surface area contributed by atoms with E-state index >= 15 is 0 Å². The highest BCUT2D eigenvalue weighted by atomic mass is 35.5. The van der Waals surface area contributed by atoms with Gasteiger partial charge >= 0.3 is 0 Å². The topological polar surface area (TPSA) is 86.9 Å². The van der Waals surface area contributed by atoms with Crippen LogP contribution in [0.3, 0.4) is 0 Å². The summed E-state index contributed by atoms with van der Waals surface area (Å²) in [6.45, 7) is 4.17. The Morgan fingerprint density at radius 3 is 2.31 bits per heavy atom. The number of carbonyl (C=O) groups is 2. The molecule has 6 nitrogen and oxygen atoms in total. The Balaban J connectivity index is 1.59. The van der Waals surface area contributed by atoms with Crippen molar-refractivity contribution in [1.29, 1.82) is 0 Å². The standard InChI is InChI=1S/C22H23ClN4O2/c1-14(2)20(26-21(28)17-7-9-18(23)10-8-17)22(29)24-13-15-3-5-16(6-4-15)19-11-12-25-27-19/h3-12,14,20H,13H2,1-2H3,(H,24,29)(H,25,27)(H,26,28). The van der Waals surface area contributed by atoms with Crippen LogP contribution in [0.15, 0.2) is 60.8 Å². The zero-order valence-electron chi connectivity index (χ0n) is 16.3. The Morgan fingerprint density at radius 1 is 1.03 bits per heavy atom. The van der Waals surface area contributed by atoms with Crippen LogP contribution in [0.4, 0.5) is 0 Å². The summed E-state index contributed by atoms with van der Waals surface area (Å²) in [7, 11) is 0. The molecule has 150 valence electrons. The fourth-order valence-electron chi connectivity index (χ4n) is 2.88. The molecule has 1 heterocycles. The van der Waals surface area contributed by atoms with Crippen LogP contribution in [0.1, 0.15) is 29.8 Å². The number of nitrogens with zero attached hydrogens (tertiary/aromatic N) is 1. The molecule has 2 aromatic carbocycles. The van der Waals surface area contributed by atoms with Crippen molar-refractivity contribution in [3.63, 3.8) is 0 Å². The van der Waals surface area contributed by atoms with Crippen molar-refractivity contribution in [2.24, 2.45) is 5.92 Å². The summed E-state index contributed by atoms with van der Waals surface area (Å²) in [5.74, 6) is -0.589. The normalized spacial score (nSPS) is 11.9. The molecule has 0 saturated carbocycles. The second-order valence-corrected chi connectivity index (χ2v) is 7.52. The van der Waals surface area contributed by atoms with Crippen LogP contribution >= 0.6 is 11.6 Å². The smallest absolute Gasteiger partial charge is 0.251 e. The SMILES string of the molecule is CC(C)C(NC(=O)c1ccc(Cl)cc1)C(=O)NCc1ccc(-c2ccn[nH]2)cc1. The number of amides is 2. The molecule has 0 spiro atoms. The molecule has 1 atom stereocenters. The number of rotatable bonds is 7. The van der Waals surface area contributed by atoms with Crippen molar-refractivity contribution in [3.05, 3.63) is 76.9 Å². The maximum atomic E-state index is 12.7. The largest absolute Gasteiger partial charge is 0.350 e. The first-order valence-electron chi connectivity index (χ1n) is 9.37. The molecular weight excluding hydrogens is 388 g/mol. The van der Waals surface area contributed by atoms with Gasteiger partial charge in [0.25, 0.3) is 5.91 Å². The van der Waals surface area contributed by atoms with Crippen molar-refractivity contribution in [1.82, 2.24) is 20.8 Å². The maximum absolute atomic E-state index is 12.7. The summed E-state index contributed by atoms with van der Waals surface area (Å²) in [6, 6.07) is 15.7. The fourth-order valence-corrected chi connectivity index (χ4v) is 3.00. The van der Waals surface area contributed by atoms with E-state index < -0.39 is 6.04 Å². The van der Waals surface area contributed by atoms with Gasteiger partial charge in [0.05, 0.1) is 5.69 Å². The lowest BCUT2D eigenvalue weighted by Crippen LogP contribution is -2.49. The van der Waals surface area contributed by atoms with E-state index in [9.17, 15) is 9.59 Å². The van der Waals surface area contributed by atoms with Crippen molar-refractivity contribution < 1.29 is 9.59 Å². The molecule has 1 unspecified atom stereocenters. The van der Waals surface area contributed by atoms with Gasteiger partial charge in [0.2, 0.25) is 5.91 Å². The number of carbonyl (C=O) groups excluding carboxylic acids is 2. The van der Waals surface area contributed by atoms with Gasteiger partial charge in [-0.25, -0.2) is 0 Å². The highest BCUT2D eigenvalue weighted by Crippen LogP contribution is 2.16. The number of halogens is 1. The van der Waals surface area contributed by atoms with Crippen LogP contribution in [-0.4, -0.2) is 28.1 Å². The number of benzene rings is 2. The molecule has 0 radical (unpaired) electrons. The minimum Gasteiger partial charge on any atom is -0.350 e. The number of H-pyrrole nitrogens is 1. The second kappa shape index (κ2) is 9.39. The molecule has 3 rings (SSSR count). The third kappa shape index (κ3) is 5.45. The van der Waals surface area contributed by atoms with E-state index in [-0.39, 0.29) is 17.7 Å². The molecule has 0 bridgehead atoms. The van der Waals surface area contributed by atoms with E-state index in [1.165, 1.54) is 0 Å². The molecule has 0 aliphatic heterocycles. The van der Waals surface area contributed by atoms with Gasteiger partial charge in [-0.3, -0.25) is 14.7 Å². The van der Waals surface area contributed by atoms with E-state index in [0.717, 1.165) is 16.8 Å². The molecular formula is C22H23ClN4O2. The third-order valence-electron chi connectivity index (χ3n) is 4.57. The van der Waals surface area contributed by atoms with Crippen LogP contribution in [0.2, 0.25) is 5.02 Å². The Labute approximate surface area is 174 Å². The fraction of sp³-hybridized carbons (Fsp3) is 0.227. The lowest BCUT2D eigenvalue weighted by molar-refractivity contribution is -0.124. The molecule has 0 aliphatic rings. The molecule has 2 amide bonds. The highest BCUT2D eigenvalue weighted by Gasteiger charge is 2.24. The van der Waals surface area contributed by atoms with Crippen LogP contribution in [-0.2, 0) is 11.3 Å². The second-order valence-electron chi connectivity index (χ2n) is 7.09. The predicted molar refractivity (Wildman–Crippen MR) is 113 cm³/mol. The van der Waals surface area contributed by atoms with Crippen LogP contribution < -0.4 is 10.6 Å². The van der Waals surface area contributed by atoms with E-state index in [4.69, 9.17) is 11.6 Å². The van der Waals surface area contributed by atoms with Gasteiger partial charge in [-0.1, -0.05) is 49.7 Å². The number of hydrogen-bond acceptors (Lipinski definition) is 3. The average molecular weight is 411 g/mol. The Morgan fingerprint density at radius 2 is 1.72 bits per heavy atom. The van der Waals surface area contributed by atoms with Crippen molar-refractivity contribution in [3.8, 4) is 11.3 Å². The van der Waals surface area contributed by atoms with Gasteiger partial charge in [0, 0.05) is 23.3 Å². The first-order valence-corrected chi connectivity index (χ1v) is 9.74. The first-order chi connectivity index (χ1) is 13.9. The van der Waals surface area contributed by atoms with Gasteiger partial charge < -0.3 is 10.6 Å². The molecule has 3 N–H and O–H groups in total. The van der Waals surface area contributed by atoms with Crippen LogP contribution in [0, 0.1) is 5.92 Å². The van der Waals surface area contributed by atoms with Crippen LogP contribution in [0.5, 0.6) is 0 Å². The summed E-state index contributed by atoms with van der Waals surface area (Å²) >= 11 is 5.86. The summed E-state index contributed by atoms with van der Waals surface area (Å²) in [5, 5.41) is 13.1. The van der Waals surface area contributed by atoms with Crippen molar-refractivity contribution >= 4 is 23.4 Å². The number of nitrogens with one attached hydrogen (secondary N) is 3. The molecule has 3 aromatic rings. The number of aromatic amines is 1. The van der Waals surface area contributed by atoms with Gasteiger partial charge in [0.15, 0.2) is 0 Å². The van der Waals surface area contributed by atoms with Gasteiger partial charge in [-0.15, -0.1) is 0 Å². The van der Waals surface area contributed by atoms with E-state index in [1.54, 1.807) is 30.5 Å². The maximum Gasteiger partial charge on any atom is 0.251 e. The summed E-state index contributed by atoms with van der Waals surface area (Å²) in [5.41, 5.74) is 3.38. The molecule has 1 aromatic heterocycles. The first kappa shape index (κ1) is 20.6. The minimum absolute atomic E-state index is 0.0611. The lowest BCUT2D eigenvalue weighted by atomic mass is 10.0. The third-order valence-corrected chi connectivity index (χ3v) is 4.83. The monoisotopic (exact) mass is 410 g/mol. The van der Waals surface area contributed by atoms with Gasteiger partial charge in [-0.05, 0) is 47.4 Å². The number of hydrogen-bond donors (Lipinski definition) is 3. The molecule has 0 fully saturated rings. The zero-order chi connectivity index (χ0) is 20.8. The minimum atomic E-state index is -0.637. The van der Waals surface area contributed by atoms with Crippen molar-refractivity contribution in [2.75, 3.05) is 0 Å². The van der Waals surface area contributed by atoms with E-state index in [1.807, 2.05) is 44.2 Å². The van der Waals surface area contributed by atoms with E-state index in [0.29, 0.717) is 17.1 Å². The zero-order valence-corrected chi connectivity index (χ0v) is 17.0. The lowest BCUT2D eigenvalue weighted by Gasteiger charge is -2.22. The number of aromatic nitrogens is 2. The van der Waals surface area contributed by atoms with Crippen molar-refractivity contribution in [2.45, 2.75) is 26.4 Å². The molecule has 0 saturated heterocycles. The quantitative estimate of drug-likeness (QED) is 0.553. The summed E-state index contributed by atoms with van der Waals surface area (Å²) in [6.07, 6.45) is 1.70. The van der Waals surface area contributed by atoms with Gasteiger partial charge in [-0.2, -0.15) is 5.10 Å². The molecule has 29 heavy (non-hydrogen) atoms. The Hall–Kier alpha value is -3.12. The molecule has 0 aliphatic carbocycles. The van der Waals surface area contributed by atoms with E-state index in [2.05, 4.69) is 20.8 Å². The Kier molecular flexibility index (Phi) is 6.67. The Bertz CT molecular complexity index is 951. The predicted octanol–water partition coefficient (Wildman–Crippen LogP) is 3.80. The van der Waals surface area contributed by atoms with Crippen LogP contribution in [0.25, 0.3) is 11.3 Å².